The fraction of sp³-hybridized carbons (Fsp3) is 0.400. The minimum absolute atomic E-state index is 0.128. The van der Waals surface area contributed by atoms with Gasteiger partial charge in [0.05, 0.1) is 36.0 Å². The van der Waals surface area contributed by atoms with Crippen molar-refractivity contribution in [1.82, 2.24) is 5.32 Å². The number of carbonyl (C=O) groups is 2. The zero-order chi connectivity index (χ0) is 17.3. The highest BCUT2D eigenvalue weighted by molar-refractivity contribution is 7.80. The molecule has 128 valence electrons. The van der Waals surface area contributed by atoms with Crippen LogP contribution in [0.4, 0.5) is 25.4 Å². The summed E-state index contributed by atoms with van der Waals surface area (Å²) in [6, 6.07) is 4.24. The number of thiocarbonyl (C=S) groups is 1. The fourth-order valence-corrected chi connectivity index (χ4v) is 2.67. The van der Waals surface area contributed by atoms with Crippen LogP contribution in [-0.4, -0.2) is 49.5 Å². The summed E-state index contributed by atoms with van der Waals surface area (Å²) in [5.74, 6) is -0.601. The summed E-state index contributed by atoms with van der Waals surface area (Å²) >= 11 is 4.92. The molecule has 2 amide bonds. The van der Waals surface area contributed by atoms with Gasteiger partial charge in [-0.25, -0.2) is 14.0 Å². The van der Waals surface area contributed by atoms with Gasteiger partial charge in [-0.15, -0.1) is 0 Å². The number of anilines is 2. The molecule has 2 aliphatic rings. The van der Waals surface area contributed by atoms with E-state index >= 15 is 0 Å². The smallest absolute Gasteiger partial charge is 0.414 e. The zero-order valence-corrected chi connectivity index (χ0v) is 13.8. The number of amides is 2. The third-order valence-corrected chi connectivity index (χ3v) is 3.89. The summed E-state index contributed by atoms with van der Waals surface area (Å²) in [5, 5.41) is 2.94. The fourth-order valence-electron chi connectivity index (χ4n) is 2.59. The van der Waals surface area contributed by atoms with Crippen LogP contribution < -0.4 is 15.1 Å². The molecule has 0 spiro atoms. The average Bonchev–Trinajstić information content (AvgIpc) is 3.11. The van der Waals surface area contributed by atoms with E-state index < -0.39 is 18.0 Å². The van der Waals surface area contributed by atoms with Gasteiger partial charge >= 0.3 is 12.2 Å². The number of nitrogens with one attached hydrogen (secondary N) is 1. The standard InChI is InChI=1S/C15H16FN3O4S/c1-9(24)17-7-11-8-19(15(21)23-11)10-2-3-13(12(16)6-10)18-4-5-22-14(18)20/h2-3,6,11H,4-5,7-8H2,1H3,(H,17,24)/t11-/m0/s1. The van der Waals surface area contributed by atoms with E-state index in [1.54, 1.807) is 13.0 Å². The lowest BCUT2D eigenvalue weighted by Gasteiger charge is -2.17. The first-order chi connectivity index (χ1) is 11.5. The lowest BCUT2D eigenvalue weighted by Crippen LogP contribution is -2.32. The molecule has 0 bridgehead atoms. The summed E-state index contributed by atoms with van der Waals surface area (Å²) in [6.07, 6.45) is -1.49. The molecule has 2 heterocycles. The molecule has 2 aliphatic heterocycles. The molecule has 9 heteroatoms. The highest BCUT2D eigenvalue weighted by Crippen LogP contribution is 2.29. The Labute approximate surface area is 143 Å². The summed E-state index contributed by atoms with van der Waals surface area (Å²) < 4.78 is 24.4. The van der Waals surface area contributed by atoms with Crippen LogP contribution in [0.25, 0.3) is 0 Å². The molecule has 0 saturated carbocycles. The van der Waals surface area contributed by atoms with Gasteiger partial charge in [0.2, 0.25) is 0 Å². The van der Waals surface area contributed by atoms with Crippen molar-refractivity contribution in [3.05, 3.63) is 24.0 Å². The van der Waals surface area contributed by atoms with Gasteiger partial charge in [0, 0.05) is 0 Å². The van der Waals surface area contributed by atoms with E-state index in [0.717, 1.165) is 0 Å². The van der Waals surface area contributed by atoms with Gasteiger partial charge in [-0.2, -0.15) is 0 Å². The van der Waals surface area contributed by atoms with E-state index in [9.17, 15) is 14.0 Å². The molecule has 0 unspecified atom stereocenters. The predicted octanol–water partition coefficient (Wildman–Crippen LogP) is 2.04. The lowest BCUT2D eigenvalue weighted by molar-refractivity contribution is 0.143. The van der Waals surface area contributed by atoms with Crippen LogP contribution in [0.5, 0.6) is 0 Å². The number of cyclic esters (lactones) is 2. The second-order valence-electron chi connectivity index (χ2n) is 5.46. The molecule has 0 aromatic heterocycles. The Morgan fingerprint density at radius 1 is 1.38 bits per heavy atom. The Morgan fingerprint density at radius 2 is 2.17 bits per heavy atom. The van der Waals surface area contributed by atoms with Crippen molar-refractivity contribution < 1.29 is 23.5 Å². The molecule has 2 saturated heterocycles. The van der Waals surface area contributed by atoms with Gasteiger partial charge < -0.3 is 14.8 Å². The molecule has 1 aromatic rings. The summed E-state index contributed by atoms with van der Waals surface area (Å²) in [7, 11) is 0. The largest absolute Gasteiger partial charge is 0.447 e. The lowest BCUT2D eigenvalue weighted by atomic mass is 10.2. The minimum Gasteiger partial charge on any atom is -0.447 e. The molecule has 7 nitrogen and oxygen atoms in total. The second-order valence-corrected chi connectivity index (χ2v) is 6.07. The molecule has 1 atom stereocenters. The Kier molecular flexibility index (Phi) is 4.52. The van der Waals surface area contributed by atoms with Crippen LogP contribution in [0.2, 0.25) is 0 Å². The maximum absolute atomic E-state index is 14.3. The normalized spacial score (nSPS) is 20.2. The number of benzene rings is 1. The van der Waals surface area contributed by atoms with Crippen LogP contribution >= 0.6 is 12.2 Å². The molecule has 0 aliphatic carbocycles. The van der Waals surface area contributed by atoms with E-state index in [1.165, 1.54) is 21.9 Å². The number of hydrogen-bond acceptors (Lipinski definition) is 5. The van der Waals surface area contributed by atoms with Crippen molar-refractivity contribution in [2.75, 3.05) is 36.0 Å². The van der Waals surface area contributed by atoms with Gasteiger partial charge in [0.15, 0.2) is 0 Å². The average molecular weight is 353 g/mol. The van der Waals surface area contributed by atoms with E-state index in [2.05, 4.69) is 5.32 Å². The van der Waals surface area contributed by atoms with E-state index in [-0.39, 0.29) is 18.4 Å². The van der Waals surface area contributed by atoms with Gasteiger partial charge in [-0.3, -0.25) is 9.80 Å². The first-order valence-corrected chi connectivity index (χ1v) is 7.83. The Balaban J connectivity index is 1.73. The molecule has 1 aromatic carbocycles. The Bertz CT molecular complexity index is 699. The summed E-state index contributed by atoms with van der Waals surface area (Å²) in [4.78, 5) is 26.7. The molecule has 24 heavy (non-hydrogen) atoms. The maximum atomic E-state index is 14.3. The van der Waals surface area contributed by atoms with Gasteiger partial charge in [0.25, 0.3) is 0 Å². The van der Waals surface area contributed by atoms with Gasteiger partial charge in [-0.1, -0.05) is 12.2 Å². The predicted molar refractivity (Wildman–Crippen MR) is 89.0 cm³/mol. The van der Waals surface area contributed by atoms with Crippen LogP contribution in [0.3, 0.4) is 0 Å². The van der Waals surface area contributed by atoms with Crippen molar-refractivity contribution in [1.29, 1.82) is 0 Å². The highest BCUT2D eigenvalue weighted by atomic mass is 32.1. The maximum Gasteiger partial charge on any atom is 0.414 e. The first kappa shape index (κ1) is 16.4. The van der Waals surface area contributed by atoms with Crippen molar-refractivity contribution in [2.24, 2.45) is 0 Å². The second kappa shape index (κ2) is 6.60. The highest BCUT2D eigenvalue weighted by Gasteiger charge is 2.33. The Morgan fingerprint density at radius 3 is 2.79 bits per heavy atom. The Hall–Kier alpha value is -2.42. The summed E-state index contributed by atoms with van der Waals surface area (Å²) in [5.41, 5.74) is 0.499. The van der Waals surface area contributed by atoms with Crippen LogP contribution in [-0.2, 0) is 9.47 Å². The quantitative estimate of drug-likeness (QED) is 0.836. The number of carbonyl (C=O) groups excluding carboxylic acids is 2. The molecular formula is C15H16FN3O4S. The molecule has 1 N–H and O–H groups in total. The van der Waals surface area contributed by atoms with Crippen LogP contribution in [0.1, 0.15) is 6.92 Å². The monoisotopic (exact) mass is 353 g/mol. The first-order valence-electron chi connectivity index (χ1n) is 7.42. The van der Waals surface area contributed by atoms with Crippen molar-refractivity contribution >= 4 is 40.8 Å². The van der Waals surface area contributed by atoms with E-state index in [4.69, 9.17) is 21.7 Å². The number of rotatable bonds is 4. The number of ether oxygens (including phenoxy) is 2. The third-order valence-electron chi connectivity index (χ3n) is 3.75. The van der Waals surface area contributed by atoms with Crippen molar-refractivity contribution in [3.8, 4) is 0 Å². The van der Waals surface area contributed by atoms with Crippen LogP contribution in [0, 0.1) is 5.82 Å². The van der Waals surface area contributed by atoms with Crippen molar-refractivity contribution in [3.63, 3.8) is 0 Å². The van der Waals surface area contributed by atoms with Gasteiger partial charge in [0.1, 0.15) is 18.5 Å². The molecule has 3 rings (SSSR count). The zero-order valence-electron chi connectivity index (χ0n) is 13.0. The van der Waals surface area contributed by atoms with E-state index in [0.29, 0.717) is 30.3 Å². The van der Waals surface area contributed by atoms with Crippen LogP contribution in [0.15, 0.2) is 18.2 Å². The summed E-state index contributed by atoms with van der Waals surface area (Å²) in [6.45, 7) is 2.95. The SMILES string of the molecule is CC(=S)NC[C@H]1CN(c2ccc(N3CCOC3=O)c(F)c2)C(=O)O1. The topological polar surface area (TPSA) is 71.1 Å². The van der Waals surface area contributed by atoms with Crippen molar-refractivity contribution in [2.45, 2.75) is 13.0 Å². The number of halogens is 1. The van der Waals surface area contributed by atoms with E-state index in [1.807, 2.05) is 0 Å². The molecule has 0 radical (unpaired) electrons. The third kappa shape index (κ3) is 3.25. The number of nitrogens with zero attached hydrogens (tertiary/aromatic N) is 2. The number of hydrogen-bond donors (Lipinski definition) is 1. The van der Waals surface area contributed by atoms with Gasteiger partial charge in [-0.05, 0) is 25.1 Å². The molecular weight excluding hydrogens is 337 g/mol. The molecule has 2 fully saturated rings. The minimum atomic E-state index is -0.601.